The molecule has 144 valence electrons. The van der Waals surface area contributed by atoms with Crippen LogP contribution in [0.15, 0.2) is 53.9 Å². The number of para-hydroxylation sites is 1. The summed E-state index contributed by atoms with van der Waals surface area (Å²) in [7, 11) is 0. The first-order valence-electron chi connectivity index (χ1n) is 8.99. The Morgan fingerprint density at radius 1 is 1.11 bits per heavy atom. The van der Waals surface area contributed by atoms with Gasteiger partial charge in [-0.05, 0) is 49.8 Å². The number of nitrogens with one attached hydrogen (secondary N) is 1. The largest absolute Gasteiger partial charge is 0.490 e. The molecule has 0 spiro atoms. The van der Waals surface area contributed by atoms with Crippen molar-refractivity contribution >= 4 is 35.1 Å². The summed E-state index contributed by atoms with van der Waals surface area (Å²) in [6.45, 7) is 4.29. The summed E-state index contributed by atoms with van der Waals surface area (Å²) in [5.74, 6) is 0.913. The third-order valence-corrected chi connectivity index (χ3v) is 4.67. The minimum absolute atomic E-state index is 0.0947. The number of amides is 1. The van der Waals surface area contributed by atoms with Gasteiger partial charge >= 0.3 is 0 Å². The van der Waals surface area contributed by atoms with E-state index < -0.39 is 0 Å². The SMILES string of the molecule is CCOc1cc(/C=C/c2nc(C)cs2)ccc1OCC(=O)Nc1ccccc1. The van der Waals surface area contributed by atoms with Gasteiger partial charge in [0.1, 0.15) is 5.01 Å². The van der Waals surface area contributed by atoms with E-state index in [0.29, 0.717) is 18.1 Å². The highest BCUT2D eigenvalue weighted by molar-refractivity contribution is 7.10. The van der Waals surface area contributed by atoms with E-state index in [2.05, 4.69) is 10.3 Å². The van der Waals surface area contributed by atoms with Crippen LogP contribution in [-0.4, -0.2) is 24.1 Å². The fraction of sp³-hybridized carbons (Fsp3) is 0.182. The molecular weight excluding hydrogens is 372 g/mol. The average molecular weight is 394 g/mol. The molecule has 0 unspecified atom stereocenters. The number of benzene rings is 2. The van der Waals surface area contributed by atoms with Crippen LogP contribution >= 0.6 is 11.3 Å². The molecule has 0 fully saturated rings. The quantitative estimate of drug-likeness (QED) is 0.582. The highest BCUT2D eigenvalue weighted by atomic mass is 32.1. The Kier molecular flexibility index (Phi) is 6.81. The monoisotopic (exact) mass is 394 g/mol. The normalized spacial score (nSPS) is 10.8. The van der Waals surface area contributed by atoms with Gasteiger partial charge in [-0.1, -0.05) is 30.3 Å². The van der Waals surface area contributed by atoms with Crippen LogP contribution in [0.4, 0.5) is 5.69 Å². The Labute approximate surface area is 168 Å². The van der Waals surface area contributed by atoms with E-state index >= 15 is 0 Å². The number of rotatable bonds is 8. The molecule has 5 nitrogen and oxygen atoms in total. The van der Waals surface area contributed by atoms with Crippen molar-refractivity contribution in [2.24, 2.45) is 0 Å². The Morgan fingerprint density at radius 3 is 2.64 bits per heavy atom. The van der Waals surface area contributed by atoms with Crippen LogP contribution in [0.25, 0.3) is 12.2 Å². The zero-order chi connectivity index (χ0) is 19.8. The molecule has 1 N–H and O–H groups in total. The maximum atomic E-state index is 12.1. The van der Waals surface area contributed by atoms with Crippen LogP contribution in [0.3, 0.4) is 0 Å². The Morgan fingerprint density at radius 2 is 1.93 bits per heavy atom. The van der Waals surface area contributed by atoms with Gasteiger partial charge in [-0.15, -0.1) is 11.3 Å². The second-order valence-corrected chi connectivity index (χ2v) is 6.89. The van der Waals surface area contributed by atoms with Gasteiger partial charge in [-0.3, -0.25) is 4.79 Å². The van der Waals surface area contributed by atoms with E-state index in [1.54, 1.807) is 11.3 Å². The standard InChI is InChI=1S/C22H22N2O3S/c1-3-26-20-13-17(10-12-22-23-16(2)15-28-22)9-11-19(20)27-14-21(25)24-18-7-5-4-6-8-18/h4-13,15H,3,14H2,1-2H3,(H,24,25)/b12-10+. The molecule has 3 aromatic rings. The third kappa shape index (κ3) is 5.69. The molecule has 28 heavy (non-hydrogen) atoms. The van der Waals surface area contributed by atoms with E-state index in [0.717, 1.165) is 22.0 Å². The van der Waals surface area contributed by atoms with Crippen molar-refractivity contribution in [3.63, 3.8) is 0 Å². The predicted molar refractivity (Wildman–Crippen MR) is 114 cm³/mol. The topological polar surface area (TPSA) is 60.5 Å². The predicted octanol–water partition coefficient (Wildman–Crippen LogP) is 5.04. The number of hydrogen-bond donors (Lipinski definition) is 1. The summed E-state index contributed by atoms with van der Waals surface area (Å²) in [5.41, 5.74) is 2.72. The van der Waals surface area contributed by atoms with E-state index in [1.165, 1.54) is 0 Å². The van der Waals surface area contributed by atoms with Gasteiger partial charge in [0.15, 0.2) is 18.1 Å². The number of aromatic nitrogens is 1. The Bertz CT molecular complexity index is 951. The van der Waals surface area contributed by atoms with Crippen LogP contribution in [0.2, 0.25) is 0 Å². The first-order valence-corrected chi connectivity index (χ1v) is 9.87. The Balaban J connectivity index is 1.65. The summed E-state index contributed by atoms with van der Waals surface area (Å²) >= 11 is 1.60. The lowest BCUT2D eigenvalue weighted by Gasteiger charge is -2.12. The van der Waals surface area contributed by atoms with Crippen LogP contribution in [0, 0.1) is 6.92 Å². The van der Waals surface area contributed by atoms with E-state index in [4.69, 9.17) is 9.47 Å². The molecule has 6 heteroatoms. The van der Waals surface area contributed by atoms with Crippen molar-refractivity contribution in [2.45, 2.75) is 13.8 Å². The van der Waals surface area contributed by atoms with Crippen LogP contribution < -0.4 is 14.8 Å². The lowest BCUT2D eigenvalue weighted by molar-refractivity contribution is -0.118. The number of thiazole rings is 1. The van der Waals surface area contributed by atoms with E-state index in [1.807, 2.05) is 79.9 Å². The summed E-state index contributed by atoms with van der Waals surface area (Å²) in [6.07, 6.45) is 3.95. The Hall–Kier alpha value is -3.12. The number of carbonyl (C=O) groups is 1. The molecule has 0 atom stereocenters. The molecule has 1 aromatic heterocycles. The highest BCUT2D eigenvalue weighted by Crippen LogP contribution is 2.29. The molecule has 0 aliphatic rings. The van der Waals surface area contributed by atoms with Crippen molar-refractivity contribution in [1.82, 2.24) is 4.98 Å². The van der Waals surface area contributed by atoms with Crippen molar-refractivity contribution in [3.8, 4) is 11.5 Å². The highest BCUT2D eigenvalue weighted by Gasteiger charge is 2.09. The first-order chi connectivity index (χ1) is 13.6. The lowest BCUT2D eigenvalue weighted by atomic mass is 10.2. The van der Waals surface area contributed by atoms with Crippen molar-refractivity contribution in [3.05, 3.63) is 70.2 Å². The van der Waals surface area contributed by atoms with Gasteiger partial charge in [0.2, 0.25) is 0 Å². The molecular formula is C22H22N2O3S. The molecule has 1 heterocycles. The fourth-order valence-corrected chi connectivity index (χ4v) is 3.18. The van der Waals surface area contributed by atoms with Crippen molar-refractivity contribution in [2.75, 3.05) is 18.5 Å². The fourth-order valence-electron chi connectivity index (χ4n) is 2.49. The molecule has 1 amide bonds. The third-order valence-electron chi connectivity index (χ3n) is 3.74. The van der Waals surface area contributed by atoms with Gasteiger partial charge < -0.3 is 14.8 Å². The smallest absolute Gasteiger partial charge is 0.262 e. The van der Waals surface area contributed by atoms with E-state index in [-0.39, 0.29) is 12.5 Å². The van der Waals surface area contributed by atoms with Gasteiger partial charge in [0.05, 0.1) is 6.61 Å². The molecule has 0 bridgehead atoms. The second kappa shape index (κ2) is 9.71. The number of anilines is 1. The lowest BCUT2D eigenvalue weighted by Crippen LogP contribution is -2.20. The summed E-state index contributed by atoms with van der Waals surface area (Å²) in [6, 6.07) is 14.9. The van der Waals surface area contributed by atoms with Crippen molar-refractivity contribution < 1.29 is 14.3 Å². The van der Waals surface area contributed by atoms with Crippen LogP contribution in [0.5, 0.6) is 11.5 Å². The molecule has 0 saturated carbocycles. The molecule has 0 aliphatic heterocycles. The first kappa shape index (κ1) is 19.6. The number of hydrogen-bond acceptors (Lipinski definition) is 5. The average Bonchev–Trinajstić information content (AvgIpc) is 3.12. The maximum absolute atomic E-state index is 12.1. The molecule has 0 radical (unpaired) electrons. The number of carbonyl (C=O) groups excluding carboxylic acids is 1. The van der Waals surface area contributed by atoms with Crippen LogP contribution in [0.1, 0.15) is 23.2 Å². The van der Waals surface area contributed by atoms with Crippen LogP contribution in [-0.2, 0) is 4.79 Å². The van der Waals surface area contributed by atoms with Crippen molar-refractivity contribution in [1.29, 1.82) is 0 Å². The van der Waals surface area contributed by atoms with Gasteiger partial charge in [0.25, 0.3) is 5.91 Å². The van der Waals surface area contributed by atoms with Gasteiger partial charge in [-0.25, -0.2) is 4.98 Å². The molecule has 0 aliphatic carbocycles. The minimum atomic E-state index is -0.225. The second-order valence-electron chi connectivity index (χ2n) is 6.00. The number of nitrogens with zero attached hydrogens (tertiary/aromatic N) is 1. The molecule has 2 aromatic carbocycles. The zero-order valence-corrected chi connectivity index (χ0v) is 16.7. The minimum Gasteiger partial charge on any atom is -0.490 e. The van der Waals surface area contributed by atoms with E-state index in [9.17, 15) is 4.79 Å². The van der Waals surface area contributed by atoms with Gasteiger partial charge in [-0.2, -0.15) is 0 Å². The summed E-state index contributed by atoms with van der Waals surface area (Å²) in [4.78, 5) is 16.5. The number of aryl methyl sites for hydroxylation is 1. The summed E-state index contributed by atoms with van der Waals surface area (Å²) < 4.78 is 11.4. The molecule has 0 saturated heterocycles. The number of ether oxygens (including phenoxy) is 2. The summed E-state index contributed by atoms with van der Waals surface area (Å²) in [5, 5.41) is 5.76. The maximum Gasteiger partial charge on any atom is 0.262 e. The van der Waals surface area contributed by atoms with Gasteiger partial charge in [0, 0.05) is 16.8 Å². The zero-order valence-electron chi connectivity index (χ0n) is 15.8. The molecule has 3 rings (SSSR count).